The minimum atomic E-state index is 0.111. The Hall–Kier alpha value is -1.71. The first-order valence-electron chi connectivity index (χ1n) is 6.30. The number of nitrogen functional groups attached to an aromatic ring is 1. The quantitative estimate of drug-likeness (QED) is 0.635. The van der Waals surface area contributed by atoms with Gasteiger partial charge in [0.15, 0.2) is 0 Å². The molecule has 18 heavy (non-hydrogen) atoms. The molecule has 0 radical (unpaired) electrons. The molecular weight excluding hydrogens is 226 g/mol. The van der Waals surface area contributed by atoms with E-state index in [0.717, 1.165) is 30.1 Å². The molecule has 0 bridgehead atoms. The van der Waals surface area contributed by atoms with Gasteiger partial charge in [-0.1, -0.05) is 13.8 Å². The third kappa shape index (κ3) is 2.28. The zero-order chi connectivity index (χ0) is 13.3. The zero-order valence-corrected chi connectivity index (χ0v) is 11.2. The van der Waals surface area contributed by atoms with E-state index < -0.39 is 0 Å². The highest BCUT2D eigenvalue weighted by molar-refractivity contribution is 6.00. The summed E-state index contributed by atoms with van der Waals surface area (Å²) in [4.78, 5) is 2.30. The maximum absolute atomic E-state index is 7.68. The van der Waals surface area contributed by atoms with Crippen molar-refractivity contribution in [2.45, 2.75) is 13.8 Å². The van der Waals surface area contributed by atoms with Crippen molar-refractivity contribution in [3.8, 4) is 5.75 Å². The predicted octanol–water partition coefficient (Wildman–Crippen LogP) is 2.07. The van der Waals surface area contributed by atoms with Crippen molar-refractivity contribution in [1.82, 2.24) is 0 Å². The van der Waals surface area contributed by atoms with Crippen LogP contribution in [0.3, 0.4) is 0 Å². The average molecular weight is 247 g/mol. The third-order valence-corrected chi connectivity index (χ3v) is 3.82. The molecule has 2 unspecified atom stereocenters. The molecule has 98 valence electrons. The Morgan fingerprint density at radius 3 is 2.44 bits per heavy atom. The summed E-state index contributed by atoms with van der Waals surface area (Å²) >= 11 is 0. The number of nitrogens with one attached hydrogen (secondary N) is 1. The molecule has 4 heteroatoms. The van der Waals surface area contributed by atoms with E-state index >= 15 is 0 Å². The number of nitrogens with zero attached hydrogens (tertiary/aromatic N) is 1. The van der Waals surface area contributed by atoms with E-state index in [-0.39, 0.29) is 5.84 Å². The first kappa shape index (κ1) is 12.7. The van der Waals surface area contributed by atoms with Crippen molar-refractivity contribution in [3.05, 3.63) is 23.8 Å². The SMILES string of the molecule is COc1ccc(C(=N)N)c(N2CC(C)C(C)C2)c1. The van der Waals surface area contributed by atoms with Gasteiger partial charge in [0.25, 0.3) is 0 Å². The van der Waals surface area contributed by atoms with Crippen LogP contribution >= 0.6 is 0 Å². The number of methoxy groups -OCH3 is 1. The Morgan fingerprint density at radius 2 is 1.94 bits per heavy atom. The lowest BCUT2D eigenvalue weighted by atomic mass is 10.0. The van der Waals surface area contributed by atoms with E-state index in [4.69, 9.17) is 15.9 Å². The summed E-state index contributed by atoms with van der Waals surface area (Å²) in [5, 5.41) is 7.68. The molecule has 0 aliphatic carbocycles. The minimum Gasteiger partial charge on any atom is -0.497 e. The highest BCUT2D eigenvalue weighted by Crippen LogP contribution is 2.32. The van der Waals surface area contributed by atoms with Gasteiger partial charge in [0.05, 0.1) is 12.8 Å². The summed E-state index contributed by atoms with van der Waals surface area (Å²) in [7, 11) is 1.65. The Labute approximate surface area is 108 Å². The van der Waals surface area contributed by atoms with Crippen molar-refractivity contribution in [2.75, 3.05) is 25.1 Å². The molecule has 2 rings (SSSR count). The van der Waals surface area contributed by atoms with Crippen LogP contribution in [0.5, 0.6) is 5.75 Å². The normalized spacial score (nSPS) is 23.2. The highest BCUT2D eigenvalue weighted by Gasteiger charge is 2.28. The topological polar surface area (TPSA) is 62.3 Å². The number of hydrogen-bond donors (Lipinski definition) is 2. The van der Waals surface area contributed by atoms with Crippen LogP contribution in [0.2, 0.25) is 0 Å². The summed E-state index contributed by atoms with van der Waals surface area (Å²) < 4.78 is 5.26. The summed E-state index contributed by atoms with van der Waals surface area (Å²) in [6, 6.07) is 5.69. The Bertz CT molecular complexity index is 448. The number of hydrogen-bond acceptors (Lipinski definition) is 3. The lowest BCUT2D eigenvalue weighted by Crippen LogP contribution is -2.24. The molecule has 1 heterocycles. The summed E-state index contributed by atoms with van der Waals surface area (Å²) in [5.41, 5.74) is 7.46. The maximum atomic E-state index is 7.68. The predicted molar refractivity (Wildman–Crippen MR) is 74.6 cm³/mol. The zero-order valence-electron chi connectivity index (χ0n) is 11.2. The molecule has 0 spiro atoms. The van der Waals surface area contributed by atoms with Crippen LogP contribution in [0, 0.1) is 17.2 Å². The van der Waals surface area contributed by atoms with Gasteiger partial charge in [-0.15, -0.1) is 0 Å². The molecule has 1 aliphatic heterocycles. The fourth-order valence-electron chi connectivity index (χ4n) is 2.45. The largest absolute Gasteiger partial charge is 0.497 e. The molecule has 0 amide bonds. The van der Waals surface area contributed by atoms with E-state index in [1.807, 2.05) is 18.2 Å². The van der Waals surface area contributed by atoms with Gasteiger partial charge in [-0.25, -0.2) is 0 Å². The standard InChI is InChI=1S/C14H21N3O/c1-9-7-17(8-10(9)2)13-6-11(18-3)4-5-12(13)14(15)16/h4-6,9-10H,7-8H2,1-3H3,(H3,15,16). The van der Waals surface area contributed by atoms with Crippen molar-refractivity contribution in [2.24, 2.45) is 17.6 Å². The molecule has 3 N–H and O–H groups in total. The Kier molecular flexibility index (Phi) is 3.45. The molecule has 1 saturated heterocycles. The lowest BCUT2D eigenvalue weighted by Gasteiger charge is -2.22. The van der Waals surface area contributed by atoms with E-state index in [9.17, 15) is 0 Å². The van der Waals surface area contributed by atoms with Gasteiger partial charge in [-0.2, -0.15) is 0 Å². The van der Waals surface area contributed by atoms with Crippen molar-refractivity contribution >= 4 is 11.5 Å². The second-order valence-corrected chi connectivity index (χ2v) is 5.16. The van der Waals surface area contributed by atoms with Crippen LogP contribution in [0.25, 0.3) is 0 Å². The Balaban J connectivity index is 2.38. The van der Waals surface area contributed by atoms with Gasteiger partial charge in [0.2, 0.25) is 0 Å². The van der Waals surface area contributed by atoms with Gasteiger partial charge in [-0.05, 0) is 24.0 Å². The van der Waals surface area contributed by atoms with Gasteiger partial charge in [-0.3, -0.25) is 5.41 Å². The number of nitrogens with two attached hydrogens (primary N) is 1. The van der Waals surface area contributed by atoms with E-state index in [2.05, 4.69) is 18.7 Å². The maximum Gasteiger partial charge on any atom is 0.124 e. The van der Waals surface area contributed by atoms with E-state index in [0.29, 0.717) is 11.8 Å². The van der Waals surface area contributed by atoms with Gasteiger partial charge in [0.1, 0.15) is 11.6 Å². The van der Waals surface area contributed by atoms with Gasteiger partial charge >= 0.3 is 0 Å². The molecule has 4 nitrogen and oxygen atoms in total. The van der Waals surface area contributed by atoms with Crippen LogP contribution in [-0.2, 0) is 0 Å². The number of benzene rings is 1. The average Bonchev–Trinajstić information content (AvgIpc) is 2.68. The van der Waals surface area contributed by atoms with Crippen LogP contribution in [0.4, 0.5) is 5.69 Å². The van der Waals surface area contributed by atoms with Crippen LogP contribution in [-0.4, -0.2) is 26.0 Å². The Morgan fingerprint density at radius 1 is 1.33 bits per heavy atom. The number of ether oxygens (including phenoxy) is 1. The third-order valence-electron chi connectivity index (χ3n) is 3.82. The number of amidine groups is 1. The van der Waals surface area contributed by atoms with Crippen molar-refractivity contribution < 1.29 is 4.74 Å². The molecule has 0 saturated carbocycles. The first-order valence-corrected chi connectivity index (χ1v) is 6.30. The van der Waals surface area contributed by atoms with Crippen LogP contribution < -0.4 is 15.4 Å². The number of rotatable bonds is 3. The molecule has 1 aliphatic rings. The summed E-state index contributed by atoms with van der Waals surface area (Å²) in [6.07, 6.45) is 0. The molecule has 1 aromatic rings. The van der Waals surface area contributed by atoms with Gasteiger partial charge < -0.3 is 15.4 Å². The summed E-state index contributed by atoms with van der Waals surface area (Å²) in [5.74, 6) is 2.24. The smallest absolute Gasteiger partial charge is 0.124 e. The second-order valence-electron chi connectivity index (χ2n) is 5.16. The molecule has 2 atom stereocenters. The second kappa shape index (κ2) is 4.88. The van der Waals surface area contributed by atoms with Crippen LogP contribution in [0.15, 0.2) is 18.2 Å². The summed E-state index contributed by atoms with van der Waals surface area (Å²) in [6.45, 7) is 6.54. The number of anilines is 1. The van der Waals surface area contributed by atoms with Crippen LogP contribution in [0.1, 0.15) is 19.4 Å². The van der Waals surface area contributed by atoms with Gasteiger partial charge in [0, 0.05) is 24.7 Å². The fourth-order valence-corrected chi connectivity index (χ4v) is 2.45. The fraction of sp³-hybridized carbons (Fsp3) is 0.500. The minimum absolute atomic E-state index is 0.111. The van der Waals surface area contributed by atoms with E-state index in [1.54, 1.807) is 7.11 Å². The first-order chi connectivity index (χ1) is 8.52. The molecule has 1 fully saturated rings. The van der Waals surface area contributed by atoms with Crippen molar-refractivity contribution in [1.29, 1.82) is 5.41 Å². The lowest BCUT2D eigenvalue weighted by molar-refractivity contribution is 0.415. The monoisotopic (exact) mass is 247 g/mol. The molecule has 1 aromatic carbocycles. The molecule has 0 aromatic heterocycles. The van der Waals surface area contributed by atoms with Crippen molar-refractivity contribution in [3.63, 3.8) is 0 Å². The van der Waals surface area contributed by atoms with E-state index in [1.165, 1.54) is 0 Å². The molecular formula is C14H21N3O. The highest BCUT2D eigenvalue weighted by atomic mass is 16.5.